The maximum absolute atomic E-state index is 12.0. The largest absolute Gasteiger partial charge is 0.342 e. The van der Waals surface area contributed by atoms with E-state index in [1.165, 1.54) is 0 Å². The van der Waals surface area contributed by atoms with Crippen LogP contribution < -0.4 is 5.73 Å². The standard InChI is InChI=1S/C11H20N2O3S/c12-6-10-1-3-13(7-10)11(14)5-9-2-4-17(15,16)8-9/h9-10H,1-8,12H2. The van der Waals surface area contributed by atoms with Crippen LogP contribution in [0.5, 0.6) is 0 Å². The normalized spacial score (nSPS) is 31.9. The van der Waals surface area contributed by atoms with Crippen LogP contribution in [-0.4, -0.2) is 50.4 Å². The van der Waals surface area contributed by atoms with Crippen LogP contribution in [0.3, 0.4) is 0 Å². The van der Waals surface area contributed by atoms with E-state index in [9.17, 15) is 13.2 Å². The van der Waals surface area contributed by atoms with Gasteiger partial charge in [-0.1, -0.05) is 0 Å². The van der Waals surface area contributed by atoms with Crippen molar-refractivity contribution in [1.82, 2.24) is 4.90 Å². The van der Waals surface area contributed by atoms with Crippen molar-refractivity contribution in [2.75, 3.05) is 31.1 Å². The fourth-order valence-corrected chi connectivity index (χ4v) is 4.52. The SMILES string of the molecule is NCC1CCN(C(=O)CC2CCS(=O)(=O)C2)C1. The molecule has 6 heteroatoms. The van der Waals surface area contributed by atoms with Crippen molar-refractivity contribution in [3.8, 4) is 0 Å². The Balaban J connectivity index is 1.82. The molecule has 2 heterocycles. The summed E-state index contributed by atoms with van der Waals surface area (Å²) in [6.07, 6.45) is 2.00. The topological polar surface area (TPSA) is 80.5 Å². The number of hydrogen-bond acceptors (Lipinski definition) is 4. The molecule has 1 amide bonds. The van der Waals surface area contributed by atoms with Gasteiger partial charge in [0.1, 0.15) is 0 Å². The van der Waals surface area contributed by atoms with Gasteiger partial charge in [-0.3, -0.25) is 4.79 Å². The van der Waals surface area contributed by atoms with Crippen LogP contribution in [-0.2, 0) is 14.6 Å². The van der Waals surface area contributed by atoms with Crippen LogP contribution in [0.4, 0.5) is 0 Å². The first-order valence-electron chi connectivity index (χ1n) is 6.18. The number of rotatable bonds is 3. The first-order valence-corrected chi connectivity index (χ1v) is 8.00. The molecule has 2 rings (SSSR count). The maximum atomic E-state index is 12.0. The lowest BCUT2D eigenvalue weighted by Gasteiger charge is -2.18. The minimum Gasteiger partial charge on any atom is -0.342 e. The summed E-state index contributed by atoms with van der Waals surface area (Å²) in [5.41, 5.74) is 5.58. The Morgan fingerprint density at radius 1 is 1.29 bits per heavy atom. The highest BCUT2D eigenvalue weighted by atomic mass is 32.2. The zero-order valence-electron chi connectivity index (χ0n) is 9.97. The number of nitrogens with zero attached hydrogens (tertiary/aromatic N) is 1. The molecule has 0 aromatic rings. The average molecular weight is 260 g/mol. The van der Waals surface area contributed by atoms with E-state index in [1.54, 1.807) is 0 Å². The molecule has 0 spiro atoms. The first kappa shape index (κ1) is 12.8. The predicted octanol–water partition coefficient (Wildman–Crippen LogP) is -0.382. The van der Waals surface area contributed by atoms with Crippen LogP contribution >= 0.6 is 0 Å². The first-order chi connectivity index (χ1) is 8.00. The summed E-state index contributed by atoms with van der Waals surface area (Å²) >= 11 is 0. The van der Waals surface area contributed by atoms with Crippen molar-refractivity contribution in [2.24, 2.45) is 17.6 Å². The fraction of sp³-hybridized carbons (Fsp3) is 0.909. The van der Waals surface area contributed by atoms with Crippen molar-refractivity contribution in [3.63, 3.8) is 0 Å². The van der Waals surface area contributed by atoms with E-state index < -0.39 is 9.84 Å². The van der Waals surface area contributed by atoms with E-state index in [1.807, 2.05) is 4.90 Å². The van der Waals surface area contributed by atoms with Crippen molar-refractivity contribution in [2.45, 2.75) is 19.3 Å². The third kappa shape index (κ3) is 3.19. The summed E-state index contributed by atoms with van der Waals surface area (Å²) in [4.78, 5) is 13.8. The zero-order chi connectivity index (χ0) is 12.5. The third-order valence-electron chi connectivity index (χ3n) is 3.76. The molecule has 0 aromatic carbocycles. The van der Waals surface area contributed by atoms with E-state index in [4.69, 9.17) is 5.73 Å². The number of hydrogen-bond donors (Lipinski definition) is 1. The second kappa shape index (κ2) is 4.94. The van der Waals surface area contributed by atoms with Gasteiger partial charge in [-0.2, -0.15) is 0 Å². The Morgan fingerprint density at radius 3 is 2.59 bits per heavy atom. The summed E-state index contributed by atoms with van der Waals surface area (Å²) in [5, 5.41) is 0. The van der Waals surface area contributed by atoms with Crippen molar-refractivity contribution in [3.05, 3.63) is 0 Å². The van der Waals surface area contributed by atoms with Gasteiger partial charge >= 0.3 is 0 Å². The lowest BCUT2D eigenvalue weighted by atomic mass is 10.0. The Labute approximate surface area is 102 Å². The summed E-state index contributed by atoms with van der Waals surface area (Å²) in [5.74, 6) is 0.988. The van der Waals surface area contributed by atoms with Crippen LogP contribution in [0, 0.1) is 11.8 Å². The molecule has 2 atom stereocenters. The smallest absolute Gasteiger partial charge is 0.222 e. The van der Waals surface area contributed by atoms with Crippen LogP contribution in [0.1, 0.15) is 19.3 Å². The van der Waals surface area contributed by atoms with Gasteiger partial charge in [0.25, 0.3) is 0 Å². The van der Waals surface area contributed by atoms with E-state index in [0.717, 1.165) is 19.5 Å². The van der Waals surface area contributed by atoms with Gasteiger partial charge in [0.05, 0.1) is 11.5 Å². The molecule has 98 valence electrons. The Bertz CT molecular complexity index is 394. The Kier molecular flexibility index (Phi) is 3.73. The molecule has 17 heavy (non-hydrogen) atoms. The number of nitrogens with two attached hydrogens (primary N) is 1. The number of carbonyl (C=O) groups is 1. The second-order valence-electron chi connectivity index (χ2n) is 5.20. The molecule has 0 aromatic heterocycles. The molecule has 2 unspecified atom stereocenters. The van der Waals surface area contributed by atoms with E-state index in [-0.39, 0.29) is 23.3 Å². The number of sulfone groups is 1. The third-order valence-corrected chi connectivity index (χ3v) is 5.60. The van der Waals surface area contributed by atoms with Crippen molar-refractivity contribution >= 4 is 15.7 Å². The van der Waals surface area contributed by atoms with E-state index >= 15 is 0 Å². The molecule has 2 fully saturated rings. The zero-order valence-corrected chi connectivity index (χ0v) is 10.8. The molecule has 2 aliphatic rings. The summed E-state index contributed by atoms with van der Waals surface area (Å²) in [7, 11) is -2.87. The highest BCUT2D eigenvalue weighted by molar-refractivity contribution is 7.91. The van der Waals surface area contributed by atoms with E-state index in [0.29, 0.717) is 25.3 Å². The summed E-state index contributed by atoms with van der Waals surface area (Å²) < 4.78 is 22.6. The Hall–Kier alpha value is -0.620. The molecular formula is C11H20N2O3S. The van der Waals surface area contributed by atoms with Gasteiger partial charge in [0.2, 0.25) is 5.91 Å². The van der Waals surface area contributed by atoms with Gasteiger partial charge in [0, 0.05) is 19.5 Å². The highest BCUT2D eigenvalue weighted by Gasteiger charge is 2.32. The van der Waals surface area contributed by atoms with Crippen LogP contribution in [0.25, 0.3) is 0 Å². The molecule has 2 aliphatic heterocycles. The number of carbonyl (C=O) groups excluding carboxylic acids is 1. The summed E-state index contributed by atoms with van der Waals surface area (Å²) in [6, 6.07) is 0. The van der Waals surface area contributed by atoms with Gasteiger partial charge < -0.3 is 10.6 Å². The maximum Gasteiger partial charge on any atom is 0.222 e. The highest BCUT2D eigenvalue weighted by Crippen LogP contribution is 2.24. The molecule has 2 N–H and O–H groups in total. The molecule has 0 saturated carbocycles. The van der Waals surface area contributed by atoms with Crippen LogP contribution in [0.2, 0.25) is 0 Å². The van der Waals surface area contributed by atoms with Gasteiger partial charge in [-0.05, 0) is 31.2 Å². The number of likely N-dealkylation sites (tertiary alicyclic amines) is 1. The number of amides is 1. The van der Waals surface area contributed by atoms with Crippen molar-refractivity contribution < 1.29 is 13.2 Å². The van der Waals surface area contributed by atoms with Gasteiger partial charge in [-0.15, -0.1) is 0 Å². The molecular weight excluding hydrogens is 240 g/mol. The minimum absolute atomic E-state index is 0.0319. The fourth-order valence-electron chi connectivity index (χ4n) is 2.66. The van der Waals surface area contributed by atoms with Crippen molar-refractivity contribution in [1.29, 1.82) is 0 Å². The van der Waals surface area contributed by atoms with Crippen LogP contribution in [0.15, 0.2) is 0 Å². The second-order valence-corrected chi connectivity index (χ2v) is 7.43. The minimum atomic E-state index is -2.87. The van der Waals surface area contributed by atoms with Gasteiger partial charge in [0.15, 0.2) is 9.84 Å². The predicted molar refractivity (Wildman–Crippen MR) is 65.1 cm³/mol. The Morgan fingerprint density at radius 2 is 2.06 bits per heavy atom. The summed E-state index contributed by atoms with van der Waals surface area (Å²) in [6.45, 7) is 2.15. The quantitative estimate of drug-likeness (QED) is 0.750. The van der Waals surface area contributed by atoms with Gasteiger partial charge in [-0.25, -0.2) is 8.42 Å². The molecule has 0 aliphatic carbocycles. The average Bonchev–Trinajstić information content (AvgIpc) is 2.85. The monoisotopic (exact) mass is 260 g/mol. The molecule has 5 nitrogen and oxygen atoms in total. The molecule has 0 radical (unpaired) electrons. The molecule has 0 bridgehead atoms. The lowest BCUT2D eigenvalue weighted by Crippen LogP contribution is -2.31. The molecule has 2 saturated heterocycles. The van der Waals surface area contributed by atoms with E-state index in [2.05, 4.69) is 0 Å². The lowest BCUT2D eigenvalue weighted by molar-refractivity contribution is -0.131.